The van der Waals surface area contributed by atoms with Crippen molar-refractivity contribution in [1.29, 1.82) is 0 Å². The Bertz CT molecular complexity index is 602. The van der Waals surface area contributed by atoms with E-state index in [1.807, 2.05) is 19.2 Å². The Morgan fingerprint density at radius 3 is 2.43 bits per heavy atom. The maximum absolute atomic E-state index is 13.5. The molecule has 2 rings (SSSR count). The highest BCUT2D eigenvalue weighted by Crippen LogP contribution is 2.28. The molecule has 2 aromatic rings. The van der Waals surface area contributed by atoms with Crippen LogP contribution >= 0.6 is 31.9 Å². The summed E-state index contributed by atoms with van der Waals surface area (Å²) in [6, 6.07) is 12.8. The third kappa shape index (κ3) is 4.36. The lowest BCUT2D eigenvalue weighted by Gasteiger charge is -2.28. The number of nitrogens with two attached hydrogens (primary N) is 1. The molecule has 0 radical (unpaired) electrons. The van der Waals surface area contributed by atoms with Crippen LogP contribution in [0, 0.1) is 5.82 Å². The first-order valence-electron chi connectivity index (χ1n) is 6.61. The van der Waals surface area contributed by atoms with Crippen LogP contribution in [-0.4, -0.2) is 18.5 Å². The lowest BCUT2D eigenvalue weighted by Crippen LogP contribution is -2.30. The van der Waals surface area contributed by atoms with Gasteiger partial charge < -0.3 is 5.73 Å². The predicted octanol–water partition coefficient (Wildman–Crippen LogP) is 4.48. The van der Waals surface area contributed by atoms with Gasteiger partial charge in [-0.15, -0.1) is 0 Å². The van der Waals surface area contributed by atoms with Crippen molar-refractivity contribution >= 4 is 31.9 Å². The van der Waals surface area contributed by atoms with Gasteiger partial charge in [0.15, 0.2) is 0 Å². The molecule has 0 heterocycles. The summed E-state index contributed by atoms with van der Waals surface area (Å²) in [4.78, 5) is 2.13. The summed E-state index contributed by atoms with van der Waals surface area (Å²) in [5, 5.41) is 0. The summed E-state index contributed by atoms with van der Waals surface area (Å²) in [5.74, 6) is -0.247. The Morgan fingerprint density at radius 2 is 1.81 bits per heavy atom. The standard InChI is InChI=1S/C16H17Br2FN2/c1-21(10-11-2-4-12(17)5-3-11)16(9-20)14-8-13(19)6-7-15(14)18/h2-8,16H,9-10,20H2,1H3. The average Bonchev–Trinajstić information content (AvgIpc) is 2.46. The summed E-state index contributed by atoms with van der Waals surface area (Å²) < 4.78 is 15.4. The second-order valence-electron chi connectivity index (χ2n) is 4.96. The topological polar surface area (TPSA) is 29.3 Å². The van der Waals surface area contributed by atoms with E-state index in [1.165, 1.54) is 11.6 Å². The Hall–Kier alpha value is -0.750. The summed E-state index contributed by atoms with van der Waals surface area (Å²) in [6.07, 6.45) is 0. The van der Waals surface area contributed by atoms with Crippen LogP contribution < -0.4 is 5.73 Å². The monoisotopic (exact) mass is 414 g/mol. The summed E-state index contributed by atoms with van der Waals surface area (Å²) >= 11 is 6.91. The van der Waals surface area contributed by atoms with Gasteiger partial charge in [0.2, 0.25) is 0 Å². The van der Waals surface area contributed by atoms with E-state index in [-0.39, 0.29) is 11.9 Å². The van der Waals surface area contributed by atoms with E-state index in [9.17, 15) is 4.39 Å². The molecule has 0 amide bonds. The molecular weight excluding hydrogens is 399 g/mol. The van der Waals surface area contributed by atoms with Gasteiger partial charge in [0.05, 0.1) is 0 Å². The van der Waals surface area contributed by atoms with Gasteiger partial charge in [0, 0.05) is 28.1 Å². The molecule has 2 nitrogen and oxygen atoms in total. The molecule has 0 aromatic heterocycles. The number of hydrogen-bond donors (Lipinski definition) is 1. The normalized spacial score (nSPS) is 12.7. The Labute approximate surface area is 141 Å². The first-order valence-corrected chi connectivity index (χ1v) is 8.19. The number of nitrogens with zero attached hydrogens (tertiary/aromatic N) is 1. The van der Waals surface area contributed by atoms with Crippen LogP contribution in [0.25, 0.3) is 0 Å². The number of likely N-dealkylation sites (N-methyl/N-ethyl adjacent to an activating group) is 1. The molecule has 0 aliphatic carbocycles. The van der Waals surface area contributed by atoms with Crippen molar-refractivity contribution in [2.75, 3.05) is 13.6 Å². The van der Waals surface area contributed by atoms with Gasteiger partial charge in [-0.25, -0.2) is 4.39 Å². The van der Waals surface area contributed by atoms with Gasteiger partial charge in [-0.3, -0.25) is 4.90 Å². The fourth-order valence-electron chi connectivity index (χ4n) is 2.30. The highest BCUT2D eigenvalue weighted by Gasteiger charge is 2.19. The van der Waals surface area contributed by atoms with Crippen molar-refractivity contribution < 1.29 is 4.39 Å². The van der Waals surface area contributed by atoms with Gasteiger partial charge in [0.1, 0.15) is 5.82 Å². The molecule has 1 atom stereocenters. The number of halogens is 3. The van der Waals surface area contributed by atoms with E-state index >= 15 is 0 Å². The van der Waals surface area contributed by atoms with Crippen molar-refractivity contribution in [3.63, 3.8) is 0 Å². The number of benzene rings is 2. The zero-order chi connectivity index (χ0) is 15.4. The molecule has 0 aliphatic heterocycles. The lowest BCUT2D eigenvalue weighted by molar-refractivity contribution is 0.240. The van der Waals surface area contributed by atoms with E-state index in [2.05, 4.69) is 48.9 Å². The molecule has 2 aromatic carbocycles. The van der Waals surface area contributed by atoms with Crippen LogP contribution in [0.1, 0.15) is 17.2 Å². The molecule has 0 saturated heterocycles. The van der Waals surface area contributed by atoms with Gasteiger partial charge in [-0.05, 0) is 48.5 Å². The minimum absolute atomic E-state index is 0.0429. The quantitative estimate of drug-likeness (QED) is 0.779. The van der Waals surface area contributed by atoms with Crippen molar-refractivity contribution in [1.82, 2.24) is 4.90 Å². The molecular formula is C16H17Br2FN2. The third-order valence-corrected chi connectivity index (χ3v) is 4.67. The number of rotatable bonds is 5. The minimum Gasteiger partial charge on any atom is -0.329 e. The van der Waals surface area contributed by atoms with E-state index in [0.29, 0.717) is 6.54 Å². The molecule has 2 N–H and O–H groups in total. The second-order valence-corrected chi connectivity index (χ2v) is 6.73. The summed E-state index contributed by atoms with van der Waals surface area (Å²) in [5.41, 5.74) is 7.97. The molecule has 0 aliphatic rings. The molecule has 0 fully saturated rings. The van der Waals surface area contributed by atoms with Crippen LogP contribution in [0.4, 0.5) is 4.39 Å². The highest BCUT2D eigenvalue weighted by atomic mass is 79.9. The summed E-state index contributed by atoms with van der Waals surface area (Å²) in [6.45, 7) is 1.17. The van der Waals surface area contributed by atoms with E-state index in [4.69, 9.17) is 5.73 Å². The van der Waals surface area contributed by atoms with Gasteiger partial charge >= 0.3 is 0 Å². The van der Waals surface area contributed by atoms with Gasteiger partial charge in [-0.1, -0.05) is 44.0 Å². The van der Waals surface area contributed by atoms with E-state index in [0.717, 1.165) is 21.1 Å². The number of hydrogen-bond acceptors (Lipinski definition) is 2. The third-order valence-electron chi connectivity index (χ3n) is 3.42. The van der Waals surface area contributed by atoms with Crippen LogP contribution in [0.15, 0.2) is 51.4 Å². The Morgan fingerprint density at radius 1 is 1.14 bits per heavy atom. The van der Waals surface area contributed by atoms with Crippen molar-refractivity contribution in [2.45, 2.75) is 12.6 Å². The van der Waals surface area contributed by atoms with Gasteiger partial charge in [-0.2, -0.15) is 0 Å². The zero-order valence-electron chi connectivity index (χ0n) is 11.7. The zero-order valence-corrected chi connectivity index (χ0v) is 14.9. The van der Waals surface area contributed by atoms with Crippen LogP contribution in [0.5, 0.6) is 0 Å². The van der Waals surface area contributed by atoms with Crippen LogP contribution in [0.2, 0.25) is 0 Å². The van der Waals surface area contributed by atoms with Crippen molar-refractivity contribution in [3.05, 3.63) is 68.4 Å². The van der Waals surface area contributed by atoms with Gasteiger partial charge in [0.25, 0.3) is 0 Å². The van der Waals surface area contributed by atoms with E-state index < -0.39 is 0 Å². The molecule has 1 unspecified atom stereocenters. The maximum Gasteiger partial charge on any atom is 0.123 e. The first kappa shape index (κ1) is 16.6. The second kappa shape index (κ2) is 7.49. The smallest absolute Gasteiger partial charge is 0.123 e. The van der Waals surface area contributed by atoms with Crippen LogP contribution in [0.3, 0.4) is 0 Å². The van der Waals surface area contributed by atoms with Crippen LogP contribution in [-0.2, 0) is 6.54 Å². The fourth-order valence-corrected chi connectivity index (χ4v) is 3.08. The minimum atomic E-state index is -0.247. The molecule has 112 valence electrons. The lowest BCUT2D eigenvalue weighted by atomic mass is 10.0. The fraction of sp³-hybridized carbons (Fsp3) is 0.250. The maximum atomic E-state index is 13.5. The Kier molecular flexibility index (Phi) is 5.93. The Balaban J connectivity index is 2.20. The average molecular weight is 416 g/mol. The molecule has 5 heteroatoms. The largest absolute Gasteiger partial charge is 0.329 e. The molecule has 0 spiro atoms. The SMILES string of the molecule is CN(Cc1ccc(Br)cc1)C(CN)c1cc(F)ccc1Br. The van der Waals surface area contributed by atoms with Crippen molar-refractivity contribution in [2.24, 2.45) is 5.73 Å². The summed E-state index contributed by atoms with van der Waals surface area (Å²) in [7, 11) is 2.00. The first-order chi connectivity index (χ1) is 10.0. The van der Waals surface area contributed by atoms with E-state index in [1.54, 1.807) is 12.1 Å². The molecule has 21 heavy (non-hydrogen) atoms. The van der Waals surface area contributed by atoms with Crippen molar-refractivity contribution in [3.8, 4) is 0 Å². The predicted molar refractivity (Wildman–Crippen MR) is 91.5 cm³/mol. The highest BCUT2D eigenvalue weighted by molar-refractivity contribution is 9.10. The molecule has 0 saturated carbocycles. The molecule has 0 bridgehead atoms.